The van der Waals surface area contributed by atoms with Crippen LogP contribution in [0.25, 0.3) is 0 Å². The van der Waals surface area contributed by atoms with Crippen molar-refractivity contribution in [3.05, 3.63) is 29.6 Å². The van der Waals surface area contributed by atoms with Crippen LogP contribution in [0.2, 0.25) is 0 Å². The van der Waals surface area contributed by atoms with Crippen molar-refractivity contribution in [2.75, 3.05) is 20.1 Å². The van der Waals surface area contributed by atoms with Gasteiger partial charge in [-0.2, -0.15) is 0 Å². The molecule has 6 heteroatoms. The lowest BCUT2D eigenvalue weighted by atomic mass is 10.2. The zero-order chi connectivity index (χ0) is 16.0. The lowest BCUT2D eigenvalue weighted by molar-refractivity contribution is -0.141. The number of amides is 2. The smallest absolute Gasteiger partial charge is 0.320 e. The minimum atomic E-state index is -0.905. The number of carbonyl (C=O) groups excluding carboxylic acids is 1. The van der Waals surface area contributed by atoms with E-state index in [0.717, 1.165) is 11.4 Å². The van der Waals surface area contributed by atoms with Gasteiger partial charge in [0.15, 0.2) is 0 Å². The Kier molecular flexibility index (Phi) is 6.14. The molecule has 0 saturated carbocycles. The van der Waals surface area contributed by atoms with Crippen LogP contribution >= 0.6 is 0 Å². The average Bonchev–Trinajstić information content (AvgIpc) is 2.43. The summed E-state index contributed by atoms with van der Waals surface area (Å²) in [5.41, 5.74) is 1.73. The number of carboxylic acid groups (broad SMARTS) is 1. The molecule has 1 heterocycles. The largest absolute Gasteiger partial charge is 0.481 e. The molecule has 116 valence electrons. The summed E-state index contributed by atoms with van der Waals surface area (Å²) >= 11 is 0. The number of aromatic nitrogens is 1. The number of nitrogens with zero attached hydrogens (tertiary/aromatic N) is 3. The first-order valence-corrected chi connectivity index (χ1v) is 7.00. The van der Waals surface area contributed by atoms with Crippen molar-refractivity contribution in [2.45, 2.75) is 27.3 Å². The Balaban J connectivity index is 2.70. The number of carboxylic acids is 1. The van der Waals surface area contributed by atoms with E-state index in [4.69, 9.17) is 5.11 Å². The van der Waals surface area contributed by atoms with E-state index in [1.807, 2.05) is 32.0 Å². The minimum Gasteiger partial charge on any atom is -0.481 e. The van der Waals surface area contributed by atoms with E-state index in [2.05, 4.69) is 4.98 Å². The number of hydrogen-bond donors (Lipinski definition) is 1. The first-order valence-electron chi connectivity index (χ1n) is 7.00. The number of rotatable bonds is 6. The number of hydrogen-bond acceptors (Lipinski definition) is 3. The molecule has 0 bridgehead atoms. The second kappa shape index (κ2) is 7.61. The van der Waals surface area contributed by atoms with Crippen molar-refractivity contribution in [2.24, 2.45) is 5.92 Å². The molecule has 1 aromatic heterocycles. The Morgan fingerprint density at radius 1 is 1.38 bits per heavy atom. The highest BCUT2D eigenvalue weighted by molar-refractivity contribution is 5.75. The summed E-state index contributed by atoms with van der Waals surface area (Å²) in [6.45, 7) is 6.53. The van der Waals surface area contributed by atoms with Crippen molar-refractivity contribution in [1.29, 1.82) is 0 Å². The first-order chi connectivity index (χ1) is 9.85. The Morgan fingerprint density at radius 3 is 2.57 bits per heavy atom. The molecule has 1 N–H and O–H groups in total. The van der Waals surface area contributed by atoms with Crippen molar-refractivity contribution in [1.82, 2.24) is 14.8 Å². The monoisotopic (exact) mass is 293 g/mol. The molecule has 1 aromatic rings. The fourth-order valence-corrected chi connectivity index (χ4v) is 2.01. The SMILES string of the molecule is CCN(Cc1cccc(C)n1)C(=O)N(C)CC(C)C(=O)O. The van der Waals surface area contributed by atoms with Gasteiger partial charge in [-0.3, -0.25) is 9.78 Å². The first kappa shape index (κ1) is 16.9. The van der Waals surface area contributed by atoms with E-state index < -0.39 is 11.9 Å². The molecular weight excluding hydrogens is 270 g/mol. The fourth-order valence-electron chi connectivity index (χ4n) is 2.01. The van der Waals surface area contributed by atoms with E-state index >= 15 is 0 Å². The van der Waals surface area contributed by atoms with Gasteiger partial charge in [-0.15, -0.1) is 0 Å². The number of aliphatic carboxylic acids is 1. The Hall–Kier alpha value is -2.11. The van der Waals surface area contributed by atoms with E-state index in [1.54, 1.807) is 18.9 Å². The van der Waals surface area contributed by atoms with E-state index in [1.165, 1.54) is 4.90 Å². The van der Waals surface area contributed by atoms with Gasteiger partial charge in [0.1, 0.15) is 0 Å². The summed E-state index contributed by atoms with van der Waals surface area (Å²) in [7, 11) is 1.62. The number of carbonyl (C=O) groups is 2. The molecule has 1 unspecified atom stereocenters. The van der Waals surface area contributed by atoms with Crippen LogP contribution < -0.4 is 0 Å². The molecule has 0 spiro atoms. The predicted molar refractivity (Wildman–Crippen MR) is 79.9 cm³/mol. The maximum atomic E-state index is 12.4. The third-order valence-electron chi connectivity index (χ3n) is 3.25. The van der Waals surface area contributed by atoms with Gasteiger partial charge >= 0.3 is 12.0 Å². The Bertz CT molecular complexity index is 505. The van der Waals surface area contributed by atoms with Crippen LogP contribution in [-0.4, -0.2) is 52.0 Å². The van der Waals surface area contributed by atoms with Gasteiger partial charge < -0.3 is 14.9 Å². The molecule has 21 heavy (non-hydrogen) atoms. The zero-order valence-electron chi connectivity index (χ0n) is 13.0. The van der Waals surface area contributed by atoms with Gasteiger partial charge in [-0.1, -0.05) is 13.0 Å². The molecule has 0 radical (unpaired) electrons. The van der Waals surface area contributed by atoms with Crippen molar-refractivity contribution in [3.63, 3.8) is 0 Å². The summed E-state index contributed by atoms with van der Waals surface area (Å²) in [6.07, 6.45) is 0. The lowest BCUT2D eigenvalue weighted by Crippen LogP contribution is -2.43. The van der Waals surface area contributed by atoms with Gasteiger partial charge in [0.25, 0.3) is 0 Å². The molecule has 0 aliphatic carbocycles. The molecule has 0 aromatic carbocycles. The zero-order valence-corrected chi connectivity index (χ0v) is 13.0. The van der Waals surface area contributed by atoms with Crippen molar-refractivity contribution in [3.8, 4) is 0 Å². The van der Waals surface area contributed by atoms with Gasteiger partial charge in [0.05, 0.1) is 18.2 Å². The molecule has 2 amide bonds. The topological polar surface area (TPSA) is 73.7 Å². The highest BCUT2D eigenvalue weighted by atomic mass is 16.4. The molecular formula is C15H23N3O3. The second-order valence-electron chi connectivity index (χ2n) is 5.19. The van der Waals surface area contributed by atoms with Gasteiger partial charge in [-0.25, -0.2) is 4.79 Å². The third kappa shape index (κ3) is 5.06. The third-order valence-corrected chi connectivity index (χ3v) is 3.25. The highest BCUT2D eigenvalue weighted by Gasteiger charge is 2.21. The highest BCUT2D eigenvalue weighted by Crippen LogP contribution is 2.08. The van der Waals surface area contributed by atoms with Crippen LogP contribution in [0.4, 0.5) is 4.79 Å². The summed E-state index contributed by atoms with van der Waals surface area (Å²) in [6, 6.07) is 5.51. The Morgan fingerprint density at radius 2 is 2.05 bits per heavy atom. The van der Waals surface area contributed by atoms with Crippen LogP contribution in [0.5, 0.6) is 0 Å². The predicted octanol–water partition coefficient (Wildman–Crippen LogP) is 1.98. The summed E-state index contributed by atoms with van der Waals surface area (Å²) in [5.74, 6) is -1.49. The van der Waals surface area contributed by atoms with Gasteiger partial charge in [-0.05, 0) is 26.0 Å². The van der Waals surface area contributed by atoms with Crippen molar-refractivity contribution >= 4 is 12.0 Å². The molecule has 6 nitrogen and oxygen atoms in total. The second-order valence-corrected chi connectivity index (χ2v) is 5.19. The molecule has 1 rings (SSSR count). The average molecular weight is 293 g/mol. The van der Waals surface area contributed by atoms with Crippen LogP contribution in [0.1, 0.15) is 25.2 Å². The summed E-state index contributed by atoms with van der Waals surface area (Å²) in [5, 5.41) is 8.91. The van der Waals surface area contributed by atoms with Crippen molar-refractivity contribution < 1.29 is 14.7 Å². The number of aryl methyl sites for hydroxylation is 1. The summed E-state index contributed by atoms with van der Waals surface area (Å²) < 4.78 is 0. The van der Waals surface area contributed by atoms with Gasteiger partial charge in [0.2, 0.25) is 0 Å². The standard InChI is InChI=1S/C15H23N3O3/c1-5-18(10-13-8-6-7-12(3)16-13)15(21)17(4)9-11(2)14(19)20/h6-8,11H,5,9-10H2,1-4H3,(H,19,20). The summed E-state index contributed by atoms with van der Waals surface area (Å²) in [4.78, 5) is 30.7. The number of urea groups is 1. The van der Waals surface area contributed by atoms with Gasteiger partial charge in [0, 0.05) is 25.8 Å². The molecule has 0 fully saturated rings. The lowest BCUT2D eigenvalue weighted by Gasteiger charge is -2.28. The van der Waals surface area contributed by atoms with E-state index in [0.29, 0.717) is 13.1 Å². The minimum absolute atomic E-state index is 0.186. The van der Waals surface area contributed by atoms with E-state index in [-0.39, 0.29) is 12.6 Å². The fraction of sp³-hybridized carbons (Fsp3) is 0.533. The quantitative estimate of drug-likeness (QED) is 0.870. The maximum absolute atomic E-state index is 12.4. The van der Waals surface area contributed by atoms with Crippen LogP contribution in [-0.2, 0) is 11.3 Å². The van der Waals surface area contributed by atoms with E-state index in [9.17, 15) is 9.59 Å². The normalized spacial score (nSPS) is 11.8. The Labute approximate surface area is 125 Å². The molecule has 0 aliphatic heterocycles. The molecule has 0 aliphatic rings. The van der Waals surface area contributed by atoms with Crippen LogP contribution in [0, 0.1) is 12.8 Å². The maximum Gasteiger partial charge on any atom is 0.320 e. The van der Waals surface area contributed by atoms with Crippen LogP contribution in [0.15, 0.2) is 18.2 Å². The van der Waals surface area contributed by atoms with Crippen LogP contribution in [0.3, 0.4) is 0 Å². The molecule has 0 saturated heterocycles. The molecule has 1 atom stereocenters. The number of pyridine rings is 1.